The Kier molecular flexibility index (Phi) is 7.47. The molecule has 204 valence electrons. The minimum Gasteiger partial charge on any atom is -0.369 e. The van der Waals surface area contributed by atoms with Gasteiger partial charge in [-0.1, -0.05) is 18.2 Å². The molecule has 5 rings (SSSR count). The zero-order valence-corrected chi connectivity index (χ0v) is 21.8. The SMILES string of the molecule is CN(C)CCNc1ccc(-c2cnn3c(-c4cccc(NC(=O)c5cccc(C(F)(F)F)c5)c4)ccnc23)cn1. The van der Waals surface area contributed by atoms with Crippen LogP contribution in [0.4, 0.5) is 24.7 Å². The number of fused-ring (bicyclic) bond motifs is 1. The summed E-state index contributed by atoms with van der Waals surface area (Å²) >= 11 is 0. The van der Waals surface area contributed by atoms with Crippen LogP contribution in [0, 0.1) is 0 Å². The number of likely N-dealkylation sites (N-methyl/N-ethyl adjacent to an activating group) is 1. The third-order valence-corrected chi connectivity index (χ3v) is 6.21. The monoisotopic (exact) mass is 545 g/mol. The number of benzene rings is 2. The van der Waals surface area contributed by atoms with Crippen molar-refractivity contribution < 1.29 is 18.0 Å². The number of hydrogen-bond acceptors (Lipinski definition) is 6. The summed E-state index contributed by atoms with van der Waals surface area (Å²) in [6.45, 7) is 1.67. The van der Waals surface area contributed by atoms with E-state index < -0.39 is 17.6 Å². The lowest BCUT2D eigenvalue weighted by atomic mass is 10.1. The number of pyridine rings is 1. The molecule has 40 heavy (non-hydrogen) atoms. The molecule has 5 aromatic rings. The Hall–Kier alpha value is -4.77. The molecule has 8 nitrogen and oxygen atoms in total. The molecule has 2 aromatic carbocycles. The van der Waals surface area contributed by atoms with Crippen LogP contribution in [0.15, 0.2) is 85.3 Å². The first-order valence-corrected chi connectivity index (χ1v) is 12.5. The summed E-state index contributed by atoms with van der Waals surface area (Å²) in [5.41, 5.74) is 3.22. The van der Waals surface area contributed by atoms with E-state index in [1.165, 1.54) is 12.1 Å². The average Bonchev–Trinajstić information content (AvgIpc) is 3.37. The topological polar surface area (TPSA) is 87.5 Å². The summed E-state index contributed by atoms with van der Waals surface area (Å²) < 4.78 is 40.9. The van der Waals surface area contributed by atoms with Gasteiger partial charge in [-0.05, 0) is 62.6 Å². The minimum absolute atomic E-state index is 0.0872. The number of carbonyl (C=O) groups is 1. The van der Waals surface area contributed by atoms with E-state index in [-0.39, 0.29) is 5.56 Å². The Morgan fingerprint density at radius 1 is 0.950 bits per heavy atom. The number of halogens is 3. The van der Waals surface area contributed by atoms with Crippen molar-refractivity contribution >= 4 is 23.1 Å². The van der Waals surface area contributed by atoms with Crippen molar-refractivity contribution in [3.8, 4) is 22.4 Å². The van der Waals surface area contributed by atoms with Gasteiger partial charge in [-0.25, -0.2) is 14.5 Å². The van der Waals surface area contributed by atoms with Gasteiger partial charge in [0.2, 0.25) is 0 Å². The van der Waals surface area contributed by atoms with Crippen molar-refractivity contribution in [3.63, 3.8) is 0 Å². The van der Waals surface area contributed by atoms with Crippen LogP contribution in [0.5, 0.6) is 0 Å². The largest absolute Gasteiger partial charge is 0.416 e. The molecule has 0 saturated carbocycles. The highest BCUT2D eigenvalue weighted by Gasteiger charge is 2.30. The highest BCUT2D eigenvalue weighted by Crippen LogP contribution is 2.31. The standard InChI is InChI=1S/C29H26F3N7O/c1-38(2)14-13-33-26-10-9-21(17-35-26)24-18-36-39-25(11-12-34-27(24)39)19-5-4-8-23(16-19)37-28(40)20-6-3-7-22(15-20)29(30,31)32/h3-12,15-18H,13-14H2,1-2H3,(H,33,35)(H,37,40). The molecule has 1 amide bonds. The van der Waals surface area contributed by atoms with Gasteiger partial charge in [0.15, 0.2) is 5.65 Å². The van der Waals surface area contributed by atoms with E-state index in [1.807, 2.05) is 32.3 Å². The molecule has 0 bridgehead atoms. The van der Waals surface area contributed by atoms with Gasteiger partial charge >= 0.3 is 6.18 Å². The Morgan fingerprint density at radius 3 is 2.52 bits per heavy atom. The number of rotatable bonds is 8. The van der Waals surface area contributed by atoms with E-state index >= 15 is 0 Å². The summed E-state index contributed by atoms with van der Waals surface area (Å²) in [6, 6.07) is 17.0. The van der Waals surface area contributed by atoms with E-state index in [0.29, 0.717) is 11.3 Å². The van der Waals surface area contributed by atoms with Crippen molar-refractivity contribution in [3.05, 3.63) is 96.4 Å². The van der Waals surface area contributed by atoms with Crippen LogP contribution >= 0.6 is 0 Å². The average molecular weight is 546 g/mol. The van der Waals surface area contributed by atoms with Crippen LogP contribution in [0.3, 0.4) is 0 Å². The highest BCUT2D eigenvalue weighted by atomic mass is 19.4. The van der Waals surface area contributed by atoms with Crippen molar-refractivity contribution in [1.29, 1.82) is 0 Å². The Balaban J connectivity index is 1.38. The van der Waals surface area contributed by atoms with Gasteiger partial charge < -0.3 is 15.5 Å². The molecular formula is C29H26F3N7O. The molecule has 0 radical (unpaired) electrons. The first kappa shape index (κ1) is 26.8. The quantitative estimate of drug-likeness (QED) is 0.260. The fourth-order valence-corrected chi connectivity index (χ4v) is 4.18. The van der Waals surface area contributed by atoms with Gasteiger partial charge in [0.25, 0.3) is 5.91 Å². The maximum atomic E-state index is 13.1. The molecule has 11 heteroatoms. The molecule has 3 aromatic heterocycles. The van der Waals surface area contributed by atoms with Crippen molar-refractivity contribution in [2.75, 3.05) is 37.8 Å². The van der Waals surface area contributed by atoms with Crippen LogP contribution in [-0.2, 0) is 6.18 Å². The van der Waals surface area contributed by atoms with Gasteiger partial charge in [0.05, 0.1) is 17.5 Å². The summed E-state index contributed by atoms with van der Waals surface area (Å²) in [4.78, 5) is 23.8. The molecule has 0 aliphatic rings. The smallest absolute Gasteiger partial charge is 0.369 e. The highest BCUT2D eigenvalue weighted by molar-refractivity contribution is 6.04. The van der Waals surface area contributed by atoms with Crippen molar-refractivity contribution in [1.82, 2.24) is 24.5 Å². The van der Waals surface area contributed by atoms with Crippen molar-refractivity contribution in [2.45, 2.75) is 6.18 Å². The number of nitrogens with one attached hydrogen (secondary N) is 2. The number of alkyl halides is 3. The lowest BCUT2D eigenvalue weighted by Crippen LogP contribution is -2.21. The second-order valence-corrected chi connectivity index (χ2v) is 9.40. The Morgan fingerprint density at radius 2 is 1.77 bits per heavy atom. The first-order chi connectivity index (χ1) is 19.2. The third-order valence-electron chi connectivity index (χ3n) is 6.21. The second kappa shape index (κ2) is 11.1. The fourth-order valence-electron chi connectivity index (χ4n) is 4.18. The summed E-state index contributed by atoms with van der Waals surface area (Å²) in [5, 5.41) is 10.5. The summed E-state index contributed by atoms with van der Waals surface area (Å²) in [5.74, 6) is 0.136. The number of aromatic nitrogens is 4. The van der Waals surface area contributed by atoms with Gasteiger partial charge in [-0.2, -0.15) is 18.3 Å². The van der Waals surface area contributed by atoms with Gasteiger partial charge in [-0.15, -0.1) is 0 Å². The normalized spacial score (nSPS) is 11.7. The molecule has 0 aliphatic heterocycles. The number of amides is 1. The third kappa shape index (κ3) is 5.94. The van der Waals surface area contributed by atoms with E-state index in [1.54, 1.807) is 47.4 Å². The van der Waals surface area contributed by atoms with Gasteiger partial charge in [0.1, 0.15) is 5.82 Å². The molecule has 3 heterocycles. The predicted octanol–water partition coefficient (Wildman–Crippen LogP) is 5.70. The maximum Gasteiger partial charge on any atom is 0.416 e. The van der Waals surface area contributed by atoms with Crippen LogP contribution in [-0.4, -0.2) is 57.6 Å². The van der Waals surface area contributed by atoms with Crippen LogP contribution in [0.2, 0.25) is 0 Å². The second-order valence-electron chi connectivity index (χ2n) is 9.40. The first-order valence-electron chi connectivity index (χ1n) is 12.5. The molecular weight excluding hydrogens is 519 g/mol. The molecule has 0 spiro atoms. The van der Waals surface area contributed by atoms with E-state index in [4.69, 9.17) is 0 Å². The van der Waals surface area contributed by atoms with Gasteiger partial charge in [0, 0.05) is 53.4 Å². The molecule has 0 aliphatic carbocycles. The van der Waals surface area contributed by atoms with Crippen LogP contribution < -0.4 is 10.6 Å². The number of anilines is 2. The zero-order chi connectivity index (χ0) is 28.3. The van der Waals surface area contributed by atoms with E-state index in [9.17, 15) is 18.0 Å². The lowest BCUT2D eigenvalue weighted by Gasteiger charge is -2.11. The fraction of sp³-hybridized carbons (Fsp3) is 0.172. The molecule has 0 atom stereocenters. The maximum absolute atomic E-state index is 13.1. The zero-order valence-electron chi connectivity index (χ0n) is 21.8. The summed E-state index contributed by atoms with van der Waals surface area (Å²) in [7, 11) is 4.02. The van der Waals surface area contributed by atoms with E-state index in [0.717, 1.165) is 53.4 Å². The molecule has 0 fully saturated rings. The van der Waals surface area contributed by atoms with Crippen LogP contribution in [0.25, 0.3) is 28.0 Å². The molecule has 0 unspecified atom stereocenters. The van der Waals surface area contributed by atoms with Crippen LogP contribution in [0.1, 0.15) is 15.9 Å². The number of carbonyl (C=O) groups excluding carboxylic acids is 1. The van der Waals surface area contributed by atoms with Gasteiger partial charge in [-0.3, -0.25) is 4.79 Å². The lowest BCUT2D eigenvalue weighted by molar-refractivity contribution is -0.137. The Labute approximate surface area is 228 Å². The molecule has 0 saturated heterocycles. The summed E-state index contributed by atoms with van der Waals surface area (Å²) in [6.07, 6.45) is 0.634. The Bertz CT molecular complexity index is 1650. The minimum atomic E-state index is -4.54. The molecule has 2 N–H and O–H groups in total. The number of hydrogen-bond donors (Lipinski definition) is 2. The number of nitrogens with zero attached hydrogens (tertiary/aromatic N) is 5. The van der Waals surface area contributed by atoms with Crippen molar-refractivity contribution in [2.24, 2.45) is 0 Å². The van der Waals surface area contributed by atoms with E-state index in [2.05, 4.69) is 30.6 Å². The predicted molar refractivity (Wildman–Crippen MR) is 148 cm³/mol.